The molecule has 0 spiro atoms. The van der Waals surface area contributed by atoms with Crippen LogP contribution in [0.15, 0.2) is 0 Å². The fraction of sp³-hybridized carbons (Fsp3) is 1.00. The van der Waals surface area contributed by atoms with Gasteiger partial charge in [0.1, 0.15) is 3.55 Å². The second-order valence-electron chi connectivity index (χ2n) is 4.30. The number of hydrogen-bond acceptors (Lipinski definition) is 1. The molecule has 72 valence electrons. The minimum absolute atomic E-state index is 0.00532. The Morgan fingerprint density at radius 1 is 1.33 bits per heavy atom. The topological polar surface area (TPSA) is 26.1 Å². The van der Waals surface area contributed by atoms with Crippen LogP contribution in [0.5, 0.6) is 0 Å². The lowest BCUT2D eigenvalue weighted by Crippen LogP contribution is -2.57. The van der Waals surface area contributed by atoms with E-state index in [1.807, 2.05) is 0 Å². The van der Waals surface area contributed by atoms with Gasteiger partial charge in [-0.05, 0) is 33.6 Å². The van der Waals surface area contributed by atoms with Gasteiger partial charge in [0.05, 0.1) is 5.54 Å². The zero-order chi connectivity index (χ0) is 9.57. The molecule has 1 aliphatic heterocycles. The molecule has 1 fully saturated rings. The standard InChI is InChI=1S/C8H15I2NO/c1-7(2)4-6(9)5-8(3,10)11(7)12/h6,12H,4-5H2,1-3H3/p+1. The van der Waals surface area contributed by atoms with Crippen LogP contribution in [0.25, 0.3) is 0 Å². The summed E-state index contributed by atoms with van der Waals surface area (Å²) in [6.07, 6.45) is 2.23. The molecule has 0 aromatic heterocycles. The summed E-state index contributed by atoms with van der Waals surface area (Å²) in [5.74, 6) is 0. The first-order valence-electron chi connectivity index (χ1n) is 4.10. The molecule has 0 amide bonds. The highest BCUT2D eigenvalue weighted by atomic mass is 127. The monoisotopic (exact) mass is 396 g/mol. The smallest absolute Gasteiger partial charge is 0.138 e. The highest BCUT2D eigenvalue weighted by Crippen LogP contribution is 2.43. The van der Waals surface area contributed by atoms with E-state index in [4.69, 9.17) is 5.21 Å². The predicted molar refractivity (Wildman–Crippen MR) is 69.0 cm³/mol. The van der Waals surface area contributed by atoms with Crippen LogP contribution in [-0.4, -0.2) is 23.3 Å². The summed E-state index contributed by atoms with van der Waals surface area (Å²) in [5.41, 5.74) is 0.0278. The lowest BCUT2D eigenvalue weighted by atomic mass is 9.89. The fourth-order valence-electron chi connectivity index (χ4n) is 1.83. The van der Waals surface area contributed by atoms with Crippen molar-refractivity contribution in [2.75, 3.05) is 0 Å². The van der Waals surface area contributed by atoms with Crippen LogP contribution in [-0.2, 0) is 0 Å². The lowest BCUT2D eigenvalue weighted by molar-refractivity contribution is -0.210. The summed E-state index contributed by atoms with van der Waals surface area (Å²) in [4.78, 5) is 0. The van der Waals surface area contributed by atoms with Gasteiger partial charge in [-0.25, -0.2) is 0 Å². The molecule has 2 unspecified atom stereocenters. The van der Waals surface area contributed by atoms with Crippen molar-refractivity contribution < 1.29 is 5.21 Å². The molecule has 1 aliphatic rings. The predicted octanol–water partition coefficient (Wildman–Crippen LogP) is 2.46. The Morgan fingerprint density at radius 2 is 1.83 bits per heavy atom. The van der Waals surface area contributed by atoms with E-state index >= 15 is 0 Å². The number of piperidine rings is 1. The average molecular weight is 396 g/mol. The molecule has 2 nitrogen and oxygen atoms in total. The molecule has 1 heterocycles. The maximum atomic E-state index is 7.99. The number of hydrogen-bond donors (Lipinski definition) is 0. The molecule has 12 heavy (non-hydrogen) atoms. The third-order valence-electron chi connectivity index (χ3n) is 2.39. The van der Waals surface area contributed by atoms with Crippen LogP contribution in [0.4, 0.5) is 0 Å². The van der Waals surface area contributed by atoms with Crippen molar-refractivity contribution in [2.24, 2.45) is 0 Å². The largest absolute Gasteiger partial charge is 0.337 e. The zero-order valence-corrected chi connectivity index (χ0v) is 12.0. The van der Waals surface area contributed by atoms with Crippen molar-refractivity contribution in [3.8, 4) is 0 Å². The maximum Gasteiger partial charge on any atom is 0.138 e. The molecule has 0 aliphatic carbocycles. The van der Waals surface area contributed by atoms with E-state index < -0.39 is 0 Å². The first-order valence-corrected chi connectivity index (χ1v) is 6.43. The number of alkyl halides is 2. The normalized spacial score (nSPS) is 43.0. The van der Waals surface area contributed by atoms with Gasteiger partial charge in [0.2, 0.25) is 0 Å². The van der Waals surface area contributed by atoms with Crippen molar-refractivity contribution in [1.82, 2.24) is 5.06 Å². The van der Waals surface area contributed by atoms with Crippen LogP contribution >= 0.6 is 45.2 Å². The van der Waals surface area contributed by atoms with Gasteiger partial charge < -0.3 is 5.21 Å². The summed E-state index contributed by atoms with van der Waals surface area (Å²) >= 11 is 4.89. The van der Waals surface area contributed by atoms with Crippen LogP contribution in [0.1, 0.15) is 33.6 Å². The molecule has 1 saturated heterocycles. The van der Waals surface area contributed by atoms with Gasteiger partial charge in [0.15, 0.2) is 0 Å². The molecule has 2 atom stereocenters. The maximum absolute atomic E-state index is 7.99. The van der Waals surface area contributed by atoms with Gasteiger partial charge in [0.25, 0.3) is 0 Å². The zero-order valence-electron chi connectivity index (χ0n) is 7.69. The summed E-state index contributed by atoms with van der Waals surface area (Å²) in [7, 11) is 0. The third-order valence-corrected chi connectivity index (χ3v) is 4.19. The molecular formula is C8H16I2NO+. The summed E-state index contributed by atoms with van der Waals surface area (Å²) < 4.78 is 0.715. The lowest BCUT2D eigenvalue weighted by Gasteiger charge is -2.45. The van der Waals surface area contributed by atoms with Crippen molar-refractivity contribution in [3.63, 3.8) is 0 Å². The van der Waals surface area contributed by atoms with E-state index in [-0.39, 0.29) is 9.08 Å². The van der Waals surface area contributed by atoms with Crippen molar-refractivity contribution in [1.29, 1.82) is 0 Å². The fourth-order valence-corrected chi connectivity index (χ4v) is 5.79. The van der Waals surface area contributed by atoms with Gasteiger partial charge >= 0.3 is 0 Å². The van der Waals surface area contributed by atoms with Gasteiger partial charge in [-0.3, -0.25) is 0 Å². The minimum atomic E-state index is 0.00532. The van der Waals surface area contributed by atoms with E-state index in [2.05, 4.69) is 66.0 Å². The van der Waals surface area contributed by atoms with Gasteiger partial charge in [-0.15, -0.1) is 0 Å². The molecule has 0 aromatic carbocycles. The Bertz CT molecular complexity index is 164. The molecular weight excluding hydrogens is 380 g/mol. The summed E-state index contributed by atoms with van der Waals surface area (Å²) in [6.45, 7) is 6.45. The first kappa shape index (κ1) is 11.5. The van der Waals surface area contributed by atoms with Crippen LogP contribution in [0, 0.1) is 0 Å². The van der Waals surface area contributed by atoms with Crippen LogP contribution in [0.2, 0.25) is 0 Å². The van der Waals surface area contributed by atoms with Crippen molar-refractivity contribution in [3.05, 3.63) is 0 Å². The Balaban J connectivity index is 2.84. The SMILES string of the molecule is CC1(C)CC(I)CC(C)(I)N1[OH2+]. The second kappa shape index (κ2) is 3.51. The molecule has 0 saturated carbocycles. The van der Waals surface area contributed by atoms with E-state index in [9.17, 15) is 0 Å². The molecule has 0 bridgehead atoms. The van der Waals surface area contributed by atoms with E-state index in [1.54, 1.807) is 5.06 Å². The first-order chi connectivity index (χ1) is 5.26. The summed E-state index contributed by atoms with van der Waals surface area (Å²) in [5, 5.41) is 9.75. The molecule has 0 aromatic rings. The molecule has 0 radical (unpaired) electrons. The second-order valence-corrected chi connectivity index (χ2v) is 8.38. The van der Waals surface area contributed by atoms with Crippen LogP contribution in [0.3, 0.4) is 0 Å². The van der Waals surface area contributed by atoms with E-state index in [0.29, 0.717) is 3.92 Å². The molecule has 1 rings (SSSR count). The van der Waals surface area contributed by atoms with Gasteiger partial charge in [-0.1, -0.05) is 50.2 Å². The van der Waals surface area contributed by atoms with Crippen LogP contribution < -0.4 is 0 Å². The Kier molecular flexibility index (Phi) is 3.35. The number of halogens is 2. The van der Waals surface area contributed by atoms with Gasteiger partial charge in [0, 0.05) is 3.92 Å². The van der Waals surface area contributed by atoms with Crippen molar-refractivity contribution >= 4 is 45.2 Å². The third kappa shape index (κ3) is 2.24. The Hall–Kier alpha value is 1.38. The molecule has 4 heteroatoms. The Labute approximate surface area is 101 Å². The number of nitrogens with zero attached hydrogens (tertiary/aromatic N) is 1. The highest BCUT2D eigenvalue weighted by molar-refractivity contribution is 14.1. The summed E-state index contributed by atoms with van der Waals surface area (Å²) in [6, 6.07) is 0. The minimum Gasteiger partial charge on any atom is -0.337 e. The quantitative estimate of drug-likeness (QED) is 0.268. The molecule has 2 N–H and O–H groups in total. The van der Waals surface area contributed by atoms with E-state index in [0.717, 1.165) is 12.8 Å². The van der Waals surface area contributed by atoms with Gasteiger partial charge in [-0.2, -0.15) is 0 Å². The number of hydroxylamine groups is 2. The van der Waals surface area contributed by atoms with E-state index in [1.165, 1.54) is 0 Å². The van der Waals surface area contributed by atoms with Crippen molar-refractivity contribution in [2.45, 2.75) is 46.6 Å². The highest BCUT2D eigenvalue weighted by Gasteiger charge is 2.49. The number of rotatable bonds is 0. The Morgan fingerprint density at radius 3 is 2.25 bits per heavy atom. The average Bonchev–Trinajstić information content (AvgIpc) is 1.80.